The maximum Gasteiger partial charge on any atom is 0.0415 e. The second kappa shape index (κ2) is 4.85. The van der Waals surface area contributed by atoms with Gasteiger partial charge in [0.05, 0.1) is 0 Å². The number of rotatable bonds is 2. The lowest BCUT2D eigenvalue weighted by atomic mass is 9.83. The molecule has 20 heavy (non-hydrogen) atoms. The molecular formula is C18H26N2. The Labute approximate surface area is 122 Å². The Kier molecular flexibility index (Phi) is 3.12. The van der Waals surface area contributed by atoms with Crippen LogP contribution in [0.1, 0.15) is 43.2 Å². The SMILES string of the molecule is NCC1(N2CCC3CCCCC32)Cc2ccccc2C1. The van der Waals surface area contributed by atoms with Crippen LogP contribution in [-0.4, -0.2) is 29.6 Å². The second-order valence-electron chi connectivity index (χ2n) is 7.14. The van der Waals surface area contributed by atoms with Crippen molar-refractivity contribution in [3.05, 3.63) is 35.4 Å². The molecule has 108 valence electrons. The Hall–Kier alpha value is -0.860. The molecule has 4 rings (SSSR count). The largest absolute Gasteiger partial charge is 0.329 e. The highest BCUT2D eigenvalue weighted by atomic mass is 15.3. The van der Waals surface area contributed by atoms with Crippen molar-refractivity contribution in [1.82, 2.24) is 4.90 Å². The Morgan fingerprint density at radius 1 is 1.05 bits per heavy atom. The summed E-state index contributed by atoms with van der Waals surface area (Å²) in [7, 11) is 0. The first-order valence-electron chi connectivity index (χ1n) is 8.36. The quantitative estimate of drug-likeness (QED) is 0.895. The van der Waals surface area contributed by atoms with E-state index in [4.69, 9.17) is 5.73 Å². The van der Waals surface area contributed by atoms with Crippen molar-refractivity contribution >= 4 is 0 Å². The van der Waals surface area contributed by atoms with Gasteiger partial charge in [-0.15, -0.1) is 0 Å². The fourth-order valence-electron chi connectivity index (χ4n) is 5.13. The van der Waals surface area contributed by atoms with Crippen molar-refractivity contribution in [3.63, 3.8) is 0 Å². The normalized spacial score (nSPS) is 32.0. The van der Waals surface area contributed by atoms with Crippen LogP contribution in [-0.2, 0) is 12.8 Å². The second-order valence-corrected chi connectivity index (χ2v) is 7.14. The van der Waals surface area contributed by atoms with Gasteiger partial charge in [0.1, 0.15) is 0 Å². The summed E-state index contributed by atoms with van der Waals surface area (Å²) in [4.78, 5) is 2.83. The van der Waals surface area contributed by atoms with E-state index in [-0.39, 0.29) is 5.54 Å². The highest BCUT2D eigenvalue weighted by Crippen LogP contribution is 2.44. The molecule has 2 aliphatic carbocycles. The lowest BCUT2D eigenvalue weighted by molar-refractivity contribution is 0.0612. The lowest BCUT2D eigenvalue weighted by Gasteiger charge is -2.44. The minimum absolute atomic E-state index is 0.223. The molecule has 0 amide bonds. The first kappa shape index (κ1) is 12.8. The van der Waals surface area contributed by atoms with Gasteiger partial charge in [-0.1, -0.05) is 37.1 Å². The van der Waals surface area contributed by atoms with E-state index in [9.17, 15) is 0 Å². The molecule has 2 unspecified atom stereocenters. The van der Waals surface area contributed by atoms with Crippen molar-refractivity contribution in [2.24, 2.45) is 11.7 Å². The van der Waals surface area contributed by atoms with Gasteiger partial charge in [0.25, 0.3) is 0 Å². The summed E-state index contributed by atoms with van der Waals surface area (Å²) < 4.78 is 0. The molecule has 0 aromatic heterocycles. The molecule has 3 aliphatic rings. The monoisotopic (exact) mass is 270 g/mol. The Morgan fingerprint density at radius 3 is 2.45 bits per heavy atom. The van der Waals surface area contributed by atoms with Gasteiger partial charge in [0.15, 0.2) is 0 Å². The van der Waals surface area contributed by atoms with E-state index < -0.39 is 0 Å². The first-order chi connectivity index (χ1) is 9.82. The minimum Gasteiger partial charge on any atom is -0.329 e. The van der Waals surface area contributed by atoms with Crippen molar-refractivity contribution in [2.45, 2.75) is 56.5 Å². The van der Waals surface area contributed by atoms with Crippen LogP contribution < -0.4 is 5.73 Å². The van der Waals surface area contributed by atoms with E-state index in [1.165, 1.54) is 62.6 Å². The van der Waals surface area contributed by atoms with E-state index in [0.29, 0.717) is 0 Å². The fraction of sp³-hybridized carbons (Fsp3) is 0.667. The lowest BCUT2D eigenvalue weighted by Crippen LogP contribution is -2.57. The average Bonchev–Trinajstić information content (AvgIpc) is 3.09. The van der Waals surface area contributed by atoms with Crippen molar-refractivity contribution < 1.29 is 0 Å². The van der Waals surface area contributed by atoms with Crippen molar-refractivity contribution in [2.75, 3.05) is 13.1 Å². The number of benzene rings is 1. The average molecular weight is 270 g/mol. The molecule has 0 spiro atoms. The minimum atomic E-state index is 0.223. The van der Waals surface area contributed by atoms with Gasteiger partial charge in [0.2, 0.25) is 0 Å². The molecule has 1 saturated heterocycles. The van der Waals surface area contributed by atoms with E-state index in [1.807, 2.05) is 0 Å². The fourth-order valence-corrected chi connectivity index (χ4v) is 5.13. The van der Waals surface area contributed by atoms with E-state index >= 15 is 0 Å². The summed E-state index contributed by atoms with van der Waals surface area (Å²) in [6.45, 7) is 2.09. The third kappa shape index (κ3) is 1.85. The maximum absolute atomic E-state index is 6.31. The molecule has 2 fully saturated rings. The van der Waals surface area contributed by atoms with Gasteiger partial charge in [-0.05, 0) is 55.7 Å². The molecule has 2 atom stereocenters. The Balaban J connectivity index is 1.63. The molecular weight excluding hydrogens is 244 g/mol. The third-order valence-electron chi connectivity index (χ3n) is 6.16. The van der Waals surface area contributed by atoms with Crippen LogP contribution >= 0.6 is 0 Å². The molecule has 0 radical (unpaired) electrons. The molecule has 1 saturated carbocycles. The third-order valence-corrected chi connectivity index (χ3v) is 6.16. The smallest absolute Gasteiger partial charge is 0.0415 e. The predicted octanol–water partition coefficient (Wildman–Crippen LogP) is 2.75. The molecule has 2 N–H and O–H groups in total. The zero-order valence-corrected chi connectivity index (χ0v) is 12.4. The van der Waals surface area contributed by atoms with E-state index in [2.05, 4.69) is 29.2 Å². The highest BCUT2D eigenvalue weighted by Gasteiger charge is 2.48. The maximum atomic E-state index is 6.31. The number of nitrogens with zero attached hydrogens (tertiary/aromatic N) is 1. The number of hydrogen-bond acceptors (Lipinski definition) is 2. The molecule has 1 heterocycles. The zero-order valence-electron chi connectivity index (χ0n) is 12.4. The summed E-state index contributed by atoms with van der Waals surface area (Å²) in [5, 5.41) is 0. The number of hydrogen-bond donors (Lipinski definition) is 1. The van der Waals surface area contributed by atoms with E-state index in [1.54, 1.807) is 0 Å². The van der Waals surface area contributed by atoms with Crippen LogP contribution in [0.2, 0.25) is 0 Å². The van der Waals surface area contributed by atoms with Gasteiger partial charge >= 0.3 is 0 Å². The van der Waals surface area contributed by atoms with Crippen LogP contribution in [0.4, 0.5) is 0 Å². The Bertz CT molecular complexity index is 471. The standard InChI is InChI=1S/C18H26N2/c19-13-18(11-15-6-1-2-7-16(15)12-18)20-10-9-14-5-3-4-8-17(14)20/h1-2,6-7,14,17H,3-5,8-13,19H2. The van der Waals surface area contributed by atoms with Crippen LogP contribution in [0, 0.1) is 5.92 Å². The van der Waals surface area contributed by atoms with Crippen molar-refractivity contribution in [3.8, 4) is 0 Å². The van der Waals surface area contributed by atoms with Gasteiger partial charge in [-0.25, -0.2) is 0 Å². The Morgan fingerprint density at radius 2 is 1.75 bits per heavy atom. The van der Waals surface area contributed by atoms with Crippen LogP contribution in [0.15, 0.2) is 24.3 Å². The number of likely N-dealkylation sites (tertiary alicyclic amines) is 1. The van der Waals surface area contributed by atoms with E-state index in [0.717, 1.165) is 18.5 Å². The summed E-state index contributed by atoms with van der Waals surface area (Å²) >= 11 is 0. The summed E-state index contributed by atoms with van der Waals surface area (Å²) in [6, 6.07) is 9.79. The number of nitrogens with two attached hydrogens (primary N) is 1. The van der Waals surface area contributed by atoms with Crippen LogP contribution in [0.5, 0.6) is 0 Å². The first-order valence-corrected chi connectivity index (χ1v) is 8.36. The van der Waals surface area contributed by atoms with Gasteiger partial charge in [-0.2, -0.15) is 0 Å². The van der Waals surface area contributed by atoms with Gasteiger partial charge < -0.3 is 5.73 Å². The molecule has 0 bridgehead atoms. The zero-order chi connectivity index (χ0) is 13.6. The van der Waals surface area contributed by atoms with Gasteiger partial charge in [0, 0.05) is 18.1 Å². The summed E-state index contributed by atoms with van der Waals surface area (Å²) in [6.07, 6.45) is 9.47. The predicted molar refractivity (Wildman–Crippen MR) is 82.7 cm³/mol. The molecule has 1 aromatic carbocycles. The summed E-state index contributed by atoms with van der Waals surface area (Å²) in [5.41, 5.74) is 9.61. The topological polar surface area (TPSA) is 29.3 Å². The molecule has 2 nitrogen and oxygen atoms in total. The van der Waals surface area contributed by atoms with Crippen molar-refractivity contribution in [1.29, 1.82) is 0 Å². The summed E-state index contributed by atoms with van der Waals surface area (Å²) in [5.74, 6) is 0.955. The van der Waals surface area contributed by atoms with Crippen LogP contribution in [0.25, 0.3) is 0 Å². The van der Waals surface area contributed by atoms with Crippen LogP contribution in [0.3, 0.4) is 0 Å². The number of fused-ring (bicyclic) bond motifs is 2. The highest BCUT2D eigenvalue weighted by molar-refractivity contribution is 5.37. The molecule has 2 heteroatoms. The molecule has 1 aliphatic heterocycles. The molecule has 1 aromatic rings. The van der Waals surface area contributed by atoms with Gasteiger partial charge in [-0.3, -0.25) is 4.90 Å².